The van der Waals surface area contributed by atoms with Crippen molar-refractivity contribution in [3.63, 3.8) is 0 Å². The van der Waals surface area contributed by atoms with E-state index in [0.717, 1.165) is 25.7 Å². The van der Waals surface area contributed by atoms with E-state index in [9.17, 15) is 23.1 Å². The van der Waals surface area contributed by atoms with Crippen LogP contribution in [0.1, 0.15) is 58.8 Å². The zero-order valence-electron chi connectivity index (χ0n) is 13.4. The maximum Gasteiger partial charge on any atom is 0.329 e. The van der Waals surface area contributed by atoms with Gasteiger partial charge in [-0.25, -0.2) is 13.2 Å². The van der Waals surface area contributed by atoms with Gasteiger partial charge in [0.1, 0.15) is 11.3 Å². The van der Waals surface area contributed by atoms with Crippen molar-refractivity contribution in [3.05, 3.63) is 0 Å². The summed E-state index contributed by atoms with van der Waals surface area (Å²) in [5.41, 5.74) is -1.30. The average molecular weight is 333 g/mol. The van der Waals surface area contributed by atoms with Crippen LogP contribution in [0.25, 0.3) is 0 Å². The van der Waals surface area contributed by atoms with Crippen LogP contribution in [0.2, 0.25) is 0 Å². The first-order valence-electron chi connectivity index (χ1n) is 7.95. The van der Waals surface area contributed by atoms with Gasteiger partial charge in [0.05, 0.1) is 5.75 Å². The molecule has 1 saturated carbocycles. The van der Waals surface area contributed by atoms with Crippen molar-refractivity contribution in [2.24, 2.45) is 5.92 Å². The van der Waals surface area contributed by atoms with Gasteiger partial charge in [0.15, 0.2) is 9.84 Å². The van der Waals surface area contributed by atoms with Crippen LogP contribution in [-0.4, -0.2) is 42.4 Å². The fraction of sp³-hybridized carbons (Fsp3) is 0.867. The van der Waals surface area contributed by atoms with E-state index in [1.54, 1.807) is 0 Å². The molecular weight excluding hydrogens is 306 g/mol. The molecule has 0 aromatic carbocycles. The van der Waals surface area contributed by atoms with Crippen molar-refractivity contribution in [3.8, 4) is 0 Å². The molecule has 1 amide bonds. The topological polar surface area (TPSA) is 101 Å². The molecular formula is C15H27NO5S. The number of amides is 1. The summed E-state index contributed by atoms with van der Waals surface area (Å²) in [6.45, 7) is 4.02. The third-order valence-electron chi connectivity index (χ3n) is 4.33. The molecule has 1 fully saturated rings. The molecule has 0 heterocycles. The summed E-state index contributed by atoms with van der Waals surface area (Å²) in [6, 6.07) is 0. The van der Waals surface area contributed by atoms with Gasteiger partial charge in [-0.3, -0.25) is 4.79 Å². The van der Waals surface area contributed by atoms with Crippen molar-refractivity contribution >= 4 is 21.7 Å². The van der Waals surface area contributed by atoms with Crippen molar-refractivity contribution in [2.45, 2.75) is 64.3 Å². The van der Waals surface area contributed by atoms with Crippen LogP contribution < -0.4 is 5.32 Å². The number of carbonyl (C=O) groups is 2. The van der Waals surface area contributed by atoms with Gasteiger partial charge in [0.25, 0.3) is 0 Å². The van der Waals surface area contributed by atoms with Crippen molar-refractivity contribution in [2.75, 3.05) is 11.5 Å². The Morgan fingerprint density at radius 3 is 2.32 bits per heavy atom. The highest BCUT2D eigenvalue weighted by atomic mass is 32.2. The van der Waals surface area contributed by atoms with E-state index in [0.29, 0.717) is 25.2 Å². The number of carboxylic acids is 1. The van der Waals surface area contributed by atoms with Crippen LogP contribution in [0.4, 0.5) is 0 Å². The maximum absolute atomic E-state index is 12.0. The monoisotopic (exact) mass is 333 g/mol. The van der Waals surface area contributed by atoms with Gasteiger partial charge >= 0.3 is 5.97 Å². The van der Waals surface area contributed by atoms with Crippen LogP contribution in [0.3, 0.4) is 0 Å². The summed E-state index contributed by atoms with van der Waals surface area (Å²) in [5, 5.41) is 11.9. The average Bonchev–Trinajstić information content (AvgIpc) is 2.40. The minimum atomic E-state index is -3.47. The molecule has 7 heteroatoms. The lowest BCUT2D eigenvalue weighted by molar-refractivity contribution is -0.149. The molecule has 0 spiro atoms. The fourth-order valence-corrected chi connectivity index (χ4v) is 4.05. The van der Waals surface area contributed by atoms with E-state index in [-0.39, 0.29) is 5.75 Å². The molecule has 1 aliphatic carbocycles. The first-order valence-corrected chi connectivity index (χ1v) is 9.78. The molecule has 2 N–H and O–H groups in total. The quantitative estimate of drug-likeness (QED) is 0.659. The number of sulfone groups is 1. The summed E-state index contributed by atoms with van der Waals surface area (Å²) in [7, 11) is -3.47. The second-order valence-corrected chi connectivity index (χ2v) is 8.60. The molecule has 6 nitrogen and oxygen atoms in total. The standard InChI is InChI=1S/C15H27NO5S/c1-3-4-5-10-22(20,21)11-13(17)16-15(14(18)19)8-6-12(2)7-9-15/h12H,3-11H2,1-2H3,(H,16,17)(H,18,19). The van der Waals surface area contributed by atoms with Gasteiger partial charge in [0, 0.05) is 0 Å². The number of hydrogen-bond acceptors (Lipinski definition) is 4. The van der Waals surface area contributed by atoms with Gasteiger partial charge in [-0.2, -0.15) is 0 Å². The lowest BCUT2D eigenvalue weighted by atomic mass is 9.77. The fourth-order valence-electron chi connectivity index (χ4n) is 2.79. The second kappa shape index (κ2) is 7.94. The van der Waals surface area contributed by atoms with Crippen LogP contribution in [0.15, 0.2) is 0 Å². The van der Waals surface area contributed by atoms with Gasteiger partial charge < -0.3 is 10.4 Å². The number of carbonyl (C=O) groups excluding carboxylic acids is 1. The van der Waals surface area contributed by atoms with Gasteiger partial charge in [-0.15, -0.1) is 0 Å². The van der Waals surface area contributed by atoms with Gasteiger partial charge in [-0.05, 0) is 38.0 Å². The van der Waals surface area contributed by atoms with E-state index in [4.69, 9.17) is 0 Å². The second-order valence-electron chi connectivity index (χ2n) is 6.42. The number of rotatable bonds is 8. The number of unbranched alkanes of at least 4 members (excludes halogenated alkanes) is 2. The first-order chi connectivity index (χ1) is 10.2. The minimum absolute atomic E-state index is 0.0225. The maximum atomic E-state index is 12.0. The summed E-state index contributed by atoms with van der Waals surface area (Å²) in [6.07, 6.45) is 4.38. The zero-order valence-corrected chi connectivity index (χ0v) is 14.2. The number of nitrogens with one attached hydrogen (secondary N) is 1. The summed E-state index contributed by atoms with van der Waals surface area (Å²) in [4.78, 5) is 23.5. The lowest BCUT2D eigenvalue weighted by Gasteiger charge is -2.36. The Hall–Kier alpha value is -1.11. The molecule has 1 aliphatic rings. The summed E-state index contributed by atoms with van der Waals surface area (Å²) in [5.74, 6) is -1.99. The van der Waals surface area contributed by atoms with E-state index < -0.39 is 33.0 Å². The number of aliphatic carboxylic acids is 1. The van der Waals surface area contributed by atoms with Crippen LogP contribution in [0.5, 0.6) is 0 Å². The lowest BCUT2D eigenvalue weighted by Crippen LogP contribution is -2.57. The predicted molar refractivity (Wildman–Crippen MR) is 84.3 cm³/mol. The molecule has 0 aromatic rings. The third-order valence-corrected chi connectivity index (χ3v) is 5.94. The SMILES string of the molecule is CCCCCS(=O)(=O)CC(=O)NC1(C(=O)O)CCC(C)CC1. The predicted octanol–water partition coefficient (Wildman–Crippen LogP) is 1.74. The molecule has 22 heavy (non-hydrogen) atoms. The van der Waals surface area contributed by atoms with Crippen LogP contribution in [0, 0.1) is 5.92 Å². The highest BCUT2D eigenvalue weighted by Gasteiger charge is 2.42. The van der Waals surface area contributed by atoms with E-state index in [2.05, 4.69) is 5.32 Å². The number of carboxylic acid groups (broad SMARTS) is 1. The van der Waals surface area contributed by atoms with Crippen molar-refractivity contribution < 1.29 is 23.1 Å². The highest BCUT2D eigenvalue weighted by molar-refractivity contribution is 7.92. The van der Waals surface area contributed by atoms with Crippen LogP contribution >= 0.6 is 0 Å². The van der Waals surface area contributed by atoms with E-state index >= 15 is 0 Å². The highest BCUT2D eigenvalue weighted by Crippen LogP contribution is 2.32. The molecule has 0 aromatic heterocycles. The third kappa shape index (κ3) is 5.59. The Morgan fingerprint density at radius 1 is 1.23 bits per heavy atom. The van der Waals surface area contributed by atoms with Gasteiger partial charge in [0.2, 0.25) is 5.91 Å². The first kappa shape index (κ1) is 18.9. The zero-order chi connectivity index (χ0) is 16.8. The van der Waals surface area contributed by atoms with Crippen molar-refractivity contribution in [1.29, 1.82) is 0 Å². The number of hydrogen-bond donors (Lipinski definition) is 2. The summed E-state index contributed by atoms with van der Waals surface area (Å²) < 4.78 is 23.8. The van der Waals surface area contributed by atoms with E-state index in [1.807, 2.05) is 13.8 Å². The van der Waals surface area contributed by atoms with E-state index in [1.165, 1.54) is 0 Å². The largest absolute Gasteiger partial charge is 0.480 e. The molecule has 0 unspecified atom stereocenters. The molecule has 0 radical (unpaired) electrons. The molecule has 0 bridgehead atoms. The Morgan fingerprint density at radius 2 is 1.82 bits per heavy atom. The molecule has 0 atom stereocenters. The Labute approximate surface area is 132 Å². The Balaban J connectivity index is 2.63. The molecule has 0 saturated heterocycles. The van der Waals surface area contributed by atoms with Gasteiger partial charge in [-0.1, -0.05) is 26.7 Å². The van der Waals surface area contributed by atoms with Crippen molar-refractivity contribution in [1.82, 2.24) is 5.32 Å². The minimum Gasteiger partial charge on any atom is -0.480 e. The molecule has 1 rings (SSSR count). The Bertz CT molecular complexity index is 492. The normalized spacial score (nSPS) is 25.6. The Kier molecular flexibility index (Phi) is 6.84. The molecule has 0 aliphatic heterocycles. The molecule has 128 valence electrons. The smallest absolute Gasteiger partial charge is 0.329 e. The summed E-state index contributed by atoms with van der Waals surface area (Å²) >= 11 is 0. The van der Waals surface area contributed by atoms with Crippen LogP contribution in [-0.2, 0) is 19.4 Å².